The van der Waals surface area contributed by atoms with Gasteiger partial charge in [-0.05, 0) is 36.8 Å². The van der Waals surface area contributed by atoms with E-state index in [1.165, 1.54) is 4.57 Å². The highest BCUT2D eigenvalue weighted by Gasteiger charge is 2.25. The number of pyridine rings is 1. The van der Waals surface area contributed by atoms with Gasteiger partial charge in [0.1, 0.15) is 5.69 Å². The van der Waals surface area contributed by atoms with Crippen LogP contribution in [0.1, 0.15) is 35.8 Å². The van der Waals surface area contributed by atoms with Gasteiger partial charge in [0, 0.05) is 11.4 Å². The lowest BCUT2D eigenvalue weighted by Crippen LogP contribution is -2.33. The van der Waals surface area contributed by atoms with Crippen molar-refractivity contribution in [1.82, 2.24) is 4.57 Å². The largest absolute Gasteiger partial charge is 0.477 e. The molecular weight excluding hydrogens is 230 g/mol. The Morgan fingerprint density at radius 2 is 2.00 bits per heavy atom. The van der Waals surface area contributed by atoms with E-state index in [1.807, 2.05) is 0 Å². The second-order valence-corrected chi connectivity index (χ2v) is 4.68. The minimum atomic E-state index is -1.04. The lowest BCUT2D eigenvalue weighted by molar-refractivity contribution is 0.0676. The molecule has 4 nitrogen and oxygen atoms in total. The fraction of sp³-hybridized carbons (Fsp3) is 0.286. The van der Waals surface area contributed by atoms with Gasteiger partial charge in [-0.15, -0.1) is 0 Å². The van der Waals surface area contributed by atoms with Crippen LogP contribution < -0.4 is 5.56 Å². The van der Waals surface area contributed by atoms with Crippen molar-refractivity contribution >= 4 is 16.7 Å². The first-order chi connectivity index (χ1) is 8.68. The van der Waals surface area contributed by atoms with Crippen LogP contribution in [-0.4, -0.2) is 15.6 Å². The highest BCUT2D eigenvalue weighted by molar-refractivity contribution is 5.92. The van der Waals surface area contributed by atoms with Gasteiger partial charge >= 0.3 is 5.97 Å². The molecule has 0 unspecified atom stereocenters. The summed E-state index contributed by atoms with van der Waals surface area (Å²) in [6, 6.07) is 8.77. The van der Waals surface area contributed by atoms with Crippen LogP contribution in [0.5, 0.6) is 0 Å². The molecule has 1 aliphatic carbocycles. The number of benzene rings is 1. The zero-order valence-corrected chi connectivity index (χ0v) is 9.80. The number of nitrogens with zero attached hydrogens (tertiary/aromatic N) is 1. The number of carboxylic acid groups (broad SMARTS) is 1. The normalized spacial score (nSPS) is 15.6. The topological polar surface area (TPSA) is 59.3 Å². The summed E-state index contributed by atoms with van der Waals surface area (Å²) in [4.78, 5) is 23.7. The number of aromatic nitrogens is 1. The molecule has 18 heavy (non-hydrogen) atoms. The molecule has 92 valence electrons. The smallest absolute Gasteiger partial charge is 0.352 e. The van der Waals surface area contributed by atoms with Gasteiger partial charge in [-0.2, -0.15) is 0 Å². The fourth-order valence-electron chi connectivity index (χ4n) is 2.45. The van der Waals surface area contributed by atoms with Gasteiger partial charge in [0.25, 0.3) is 5.56 Å². The molecule has 1 heterocycles. The number of hydrogen-bond acceptors (Lipinski definition) is 2. The summed E-state index contributed by atoms with van der Waals surface area (Å²) in [7, 11) is 0. The Morgan fingerprint density at radius 3 is 2.61 bits per heavy atom. The quantitative estimate of drug-likeness (QED) is 0.881. The summed E-state index contributed by atoms with van der Waals surface area (Å²) in [5.41, 5.74) is -0.0846. The lowest BCUT2D eigenvalue weighted by atomic mass is 9.92. The van der Waals surface area contributed by atoms with Crippen molar-refractivity contribution < 1.29 is 9.90 Å². The number of rotatable bonds is 2. The monoisotopic (exact) mass is 243 g/mol. The van der Waals surface area contributed by atoms with Gasteiger partial charge < -0.3 is 5.11 Å². The maximum absolute atomic E-state index is 12.4. The van der Waals surface area contributed by atoms with Gasteiger partial charge in [-0.1, -0.05) is 18.2 Å². The summed E-state index contributed by atoms with van der Waals surface area (Å²) >= 11 is 0. The first kappa shape index (κ1) is 11.0. The van der Waals surface area contributed by atoms with E-state index >= 15 is 0 Å². The van der Waals surface area contributed by atoms with Crippen LogP contribution in [0.4, 0.5) is 0 Å². The zero-order valence-electron chi connectivity index (χ0n) is 9.80. The van der Waals surface area contributed by atoms with Gasteiger partial charge in [-0.3, -0.25) is 9.36 Å². The maximum Gasteiger partial charge on any atom is 0.352 e. The Bertz CT molecular complexity index is 683. The Labute approximate surface area is 103 Å². The number of carboxylic acids is 1. The minimum absolute atomic E-state index is 0.0493. The van der Waals surface area contributed by atoms with E-state index in [4.69, 9.17) is 0 Å². The first-order valence-corrected chi connectivity index (χ1v) is 6.06. The van der Waals surface area contributed by atoms with Crippen molar-refractivity contribution in [2.24, 2.45) is 0 Å². The average Bonchev–Trinajstić information content (AvgIpc) is 2.30. The van der Waals surface area contributed by atoms with E-state index in [2.05, 4.69) is 0 Å². The summed E-state index contributed by atoms with van der Waals surface area (Å²) in [6.45, 7) is 0. The third-order valence-electron chi connectivity index (χ3n) is 3.62. The van der Waals surface area contributed by atoms with Crippen molar-refractivity contribution in [3.05, 3.63) is 46.4 Å². The molecule has 0 aliphatic heterocycles. The van der Waals surface area contributed by atoms with E-state index < -0.39 is 5.97 Å². The van der Waals surface area contributed by atoms with Crippen LogP contribution in [0.25, 0.3) is 10.8 Å². The standard InChI is InChI=1S/C14H13NO3/c16-13-11-7-2-1-4-9(11)8-12(14(17)18)15(13)10-5-3-6-10/h1-2,4,7-8,10H,3,5-6H2,(H,17,18). The Morgan fingerprint density at radius 1 is 1.28 bits per heavy atom. The molecule has 3 rings (SSSR count). The molecule has 0 bridgehead atoms. The maximum atomic E-state index is 12.4. The zero-order chi connectivity index (χ0) is 12.7. The molecule has 1 saturated carbocycles. The van der Waals surface area contributed by atoms with Gasteiger partial charge in [-0.25, -0.2) is 4.79 Å². The van der Waals surface area contributed by atoms with Crippen LogP contribution in [0.3, 0.4) is 0 Å². The van der Waals surface area contributed by atoms with E-state index in [1.54, 1.807) is 30.3 Å². The Balaban J connectivity index is 2.36. The van der Waals surface area contributed by atoms with Crippen LogP contribution in [0.2, 0.25) is 0 Å². The highest BCUT2D eigenvalue weighted by atomic mass is 16.4. The summed E-state index contributed by atoms with van der Waals surface area (Å²) in [6.07, 6.45) is 2.83. The fourth-order valence-corrected chi connectivity index (χ4v) is 2.45. The second kappa shape index (κ2) is 3.98. The first-order valence-electron chi connectivity index (χ1n) is 6.06. The Kier molecular flexibility index (Phi) is 2.44. The number of hydrogen-bond donors (Lipinski definition) is 1. The van der Waals surface area contributed by atoms with Crippen molar-refractivity contribution in [1.29, 1.82) is 0 Å². The lowest BCUT2D eigenvalue weighted by Gasteiger charge is -2.29. The van der Waals surface area contributed by atoms with Crippen LogP contribution in [0, 0.1) is 0 Å². The van der Waals surface area contributed by atoms with E-state index in [-0.39, 0.29) is 17.3 Å². The summed E-state index contributed by atoms with van der Waals surface area (Å²) < 4.78 is 1.45. The van der Waals surface area contributed by atoms with Crippen molar-refractivity contribution in [3.8, 4) is 0 Å². The third kappa shape index (κ3) is 1.53. The predicted molar refractivity (Wildman–Crippen MR) is 68.1 cm³/mol. The van der Waals surface area contributed by atoms with Gasteiger partial charge in [0.2, 0.25) is 0 Å². The SMILES string of the molecule is O=C(O)c1cc2ccccc2c(=O)n1C1CCC1. The second-order valence-electron chi connectivity index (χ2n) is 4.68. The van der Waals surface area contributed by atoms with E-state index in [9.17, 15) is 14.7 Å². The number of fused-ring (bicyclic) bond motifs is 1. The summed E-state index contributed by atoms with van der Waals surface area (Å²) in [5.74, 6) is -1.04. The minimum Gasteiger partial charge on any atom is -0.477 e. The van der Waals surface area contributed by atoms with E-state index in [0.717, 1.165) is 19.3 Å². The molecule has 0 spiro atoms. The van der Waals surface area contributed by atoms with Crippen molar-refractivity contribution in [3.63, 3.8) is 0 Å². The number of carbonyl (C=O) groups is 1. The molecule has 1 N–H and O–H groups in total. The van der Waals surface area contributed by atoms with Crippen LogP contribution in [0.15, 0.2) is 35.1 Å². The molecule has 1 aromatic carbocycles. The van der Waals surface area contributed by atoms with Crippen LogP contribution in [-0.2, 0) is 0 Å². The van der Waals surface area contributed by atoms with Crippen LogP contribution >= 0.6 is 0 Å². The van der Waals surface area contributed by atoms with Crippen molar-refractivity contribution in [2.75, 3.05) is 0 Å². The molecule has 0 saturated heterocycles. The molecule has 0 radical (unpaired) electrons. The molecular formula is C14H13NO3. The summed E-state index contributed by atoms with van der Waals surface area (Å²) in [5, 5.41) is 10.5. The molecule has 4 heteroatoms. The molecule has 0 amide bonds. The Hall–Kier alpha value is -2.10. The molecule has 0 atom stereocenters. The third-order valence-corrected chi connectivity index (χ3v) is 3.62. The van der Waals surface area contributed by atoms with E-state index in [0.29, 0.717) is 10.8 Å². The molecule has 1 aromatic heterocycles. The molecule has 2 aromatic rings. The predicted octanol–water partition coefficient (Wildman–Crippen LogP) is 2.42. The average molecular weight is 243 g/mol. The van der Waals surface area contributed by atoms with Crippen molar-refractivity contribution in [2.45, 2.75) is 25.3 Å². The van der Waals surface area contributed by atoms with Gasteiger partial charge in [0.05, 0.1) is 0 Å². The van der Waals surface area contributed by atoms with Gasteiger partial charge in [0.15, 0.2) is 0 Å². The molecule has 1 aliphatic rings. The molecule has 1 fully saturated rings. The number of aromatic carboxylic acids is 1. The highest BCUT2D eigenvalue weighted by Crippen LogP contribution is 2.32.